The number of anilines is 1. The highest BCUT2D eigenvalue weighted by molar-refractivity contribution is 6.33. The van der Waals surface area contributed by atoms with Gasteiger partial charge in [-0.2, -0.15) is 0 Å². The molecule has 0 aliphatic carbocycles. The van der Waals surface area contributed by atoms with Crippen molar-refractivity contribution in [2.75, 3.05) is 19.5 Å². The number of methoxy groups -OCH3 is 2. The van der Waals surface area contributed by atoms with Gasteiger partial charge in [0.05, 0.1) is 24.8 Å². The Labute approximate surface area is 159 Å². The van der Waals surface area contributed by atoms with Crippen molar-refractivity contribution in [3.8, 4) is 22.8 Å². The van der Waals surface area contributed by atoms with Gasteiger partial charge in [0, 0.05) is 11.8 Å². The fourth-order valence-electron chi connectivity index (χ4n) is 2.64. The van der Waals surface area contributed by atoms with Crippen molar-refractivity contribution >= 4 is 23.2 Å². The van der Waals surface area contributed by atoms with Crippen LogP contribution in [0.1, 0.15) is 16.1 Å². The number of nitrogens with one attached hydrogen (secondary N) is 1. The van der Waals surface area contributed by atoms with E-state index in [9.17, 15) is 9.18 Å². The van der Waals surface area contributed by atoms with Crippen LogP contribution in [0.2, 0.25) is 5.02 Å². The van der Waals surface area contributed by atoms with Crippen LogP contribution in [-0.2, 0) is 0 Å². The van der Waals surface area contributed by atoms with Gasteiger partial charge in [0.15, 0.2) is 11.5 Å². The van der Waals surface area contributed by atoms with E-state index in [1.165, 1.54) is 32.4 Å². The fourth-order valence-corrected chi connectivity index (χ4v) is 2.89. The predicted octanol–water partition coefficient (Wildman–Crippen LogP) is 4.71. The first-order chi connectivity index (χ1) is 13.0. The number of carbonyl (C=O) groups is 1. The Kier molecular flexibility index (Phi) is 5.32. The van der Waals surface area contributed by atoms with Crippen LogP contribution in [0.3, 0.4) is 0 Å². The van der Waals surface area contributed by atoms with Gasteiger partial charge in [-0.1, -0.05) is 22.8 Å². The Morgan fingerprint density at radius 1 is 1.19 bits per heavy atom. The minimum atomic E-state index is -0.601. The largest absolute Gasteiger partial charge is 0.493 e. The van der Waals surface area contributed by atoms with Crippen LogP contribution in [-0.4, -0.2) is 25.3 Å². The number of aromatic nitrogens is 1. The highest BCUT2D eigenvalue weighted by Crippen LogP contribution is 2.34. The molecule has 0 aliphatic heterocycles. The van der Waals surface area contributed by atoms with Crippen molar-refractivity contribution < 1.29 is 23.2 Å². The maximum atomic E-state index is 14.3. The lowest BCUT2D eigenvalue weighted by Crippen LogP contribution is -2.14. The summed E-state index contributed by atoms with van der Waals surface area (Å²) in [4.78, 5) is 12.8. The summed E-state index contributed by atoms with van der Waals surface area (Å²) >= 11 is 6.10. The molecule has 1 N–H and O–H groups in total. The monoisotopic (exact) mass is 390 g/mol. The number of halogens is 2. The first kappa shape index (κ1) is 18.7. The van der Waals surface area contributed by atoms with Crippen LogP contribution >= 0.6 is 11.6 Å². The normalized spacial score (nSPS) is 10.6. The number of hydrogen-bond donors (Lipinski definition) is 1. The molecular formula is C19H16ClFN2O4. The maximum Gasteiger partial charge on any atom is 0.261 e. The third kappa shape index (κ3) is 3.59. The van der Waals surface area contributed by atoms with Crippen LogP contribution in [0.5, 0.6) is 11.5 Å². The fraction of sp³-hybridized carbons (Fsp3) is 0.158. The van der Waals surface area contributed by atoms with Crippen LogP contribution in [0.25, 0.3) is 11.3 Å². The van der Waals surface area contributed by atoms with E-state index in [-0.39, 0.29) is 27.6 Å². The summed E-state index contributed by atoms with van der Waals surface area (Å²) in [5.41, 5.74) is 0.600. The first-order valence-electron chi connectivity index (χ1n) is 7.90. The molecule has 0 radical (unpaired) electrons. The summed E-state index contributed by atoms with van der Waals surface area (Å²) in [5, 5.41) is 6.67. The first-order valence-corrected chi connectivity index (χ1v) is 8.28. The number of rotatable bonds is 5. The SMILES string of the molecule is COc1ccc(NC(=O)c2c(-c3c(F)cccc3Cl)noc2C)cc1OC. The van der Waals surface area contributed by atoms with E-state index >= 15 is 0 Å². The number of carbonyl (C=O) groups excluding carboxylic acids is 1. The van der Waals surface area contributed by atoms with Gasteiger partial charge in [-0.25, -0.2) is 4.39 Å². The molecule has 3 aromatic rings. The topological polar surface area (TPSA) is 73.6 Å². The van der Waals surface area contributed by atoms with E-state index in [0.29, 0.717) is 17.2 Å². The Bertz CT molecular complexity index is 983. The zero-order valence-electron chi connectivity index (χ0n) is 14.8. The molecule has 140 valence electrons. The molecule has 0 bridgehead atoms. The smallest absolute Gasteiger partial charge is 0.261 e. The van der Waals surface area contributed by atoms with Crippen molar-refractivity contribution in [3.63, 3.8) is 0 Å². The summed E-state index contributed by atoms with van der Waals surface area (Å²) in [6.45, 7) is 1.56. The number of ether oxygens (including phenoxy) is 2. The van der Waals surface area contributed by atoms with Crippen LogP contribution < -0.4 is 14.8 Å². The lowest BCUT2D eigenvalue weighted by Gasteiger charge is -2.11. The van der Waals surface area contributed by atoms with E-state index in [1.54, 1.807) is 25.1 Å². The van der Waals surface area contributed by atoms with Gasteiger partial charge < -0.3 is 19.3 Å². The molecule has 0 unspecified atom stereocenters. The molecular weight excluding hydrogens is 375 g/mol. The molecule has 0 aliphatic rings. The molecule has 3 rings (SSSR count). The van der Waals surface area contributed by atoms with E-state index in [4.69, 9.17) is 25.6 Å². The summed E-state index contributed by atoms with van der Waals surface area (Å²) in [7, 11) is 3.01. The van der Waals surface area contributed by atoms with Gasteiger partial charge in [-0.15, -0.1) is 0 Å². The van der Waals surface area contributed by atoms with Crippen molar-refractivity contribution in [2.45, 2.75) is 6.92 Å². The highest BCUT2D eigenvalue weighted by atomic mass is 35.5. The van der Waals surface area contributed by atoms with Crippen LogP contribution in [0.15, 0.2) is 40.9 Å². The van der Waals surface area contributed by atoms with Crippen molar-refractivity contribution in [3.05, 3.63) is 58.6 Å². The highest BCUT2D eigenvalue weighted by Gasteiger charge is 2.25. The number of benzene rings is 2. The average Bonchev–Trinajstić information content (AvgIpc) is 3.02. The van der Waals surface area contributed by atoms with Gasteiger partial charge in [0.1, 0.15) is 22.8 Å². The van der Waals surface area contributed by atoms with Crippen molar-refractivity contribution in [1.29, 1.82) is 0 Å². The molecule has 1 amide bonds. The molecule has 0 fully saturated rings. The van der Waals surface area contributed by atoms with Gasteiger partial charge >= 0.3 is 0 Å². The number of amides is 1. The molecule has 0 saturated carbocycles. The van der Waals surface area contributed by atoms with Crippen molar-refractivity contribution in [2.24, 2.45) is 0 Å². The van der Waals surface area contributed by atoms with Crippen LogP contribution in [0.4, 0.5) is 10.1 Å². The molecule has 2 aromatic carbocycles. The second kappa shape index (κ2) is 7.67. The Balaban J connectivity index is 1.98. The molecule has 0 saturated heterocycles. The third-order valence-electron chi connectivity index (χ3n) is 3.93. The van der Waals surface area contributed by atoms with E-state index < -0.39 is 11.7 Å². The maximum absolute atomic E-state index is 14.3. The molecule has 8 heteroatoms. The van der Waals surface area contributed by atoms with Gasteiger partial charge in [-0.3, -0.25) is 4.79 Å². The van der Waals surface area contributed by atoms with Crippen molar-refractivity contribution in [1.82, 2.24) is 5.16 Å². The molecule has 0 atom stereocenters. The van der Waals surface area contributed by atoms with E-state index in [0.717, 1.165) is 0 Å². The molecule has 27 heavy (non-hydrogen) atoms. The van der Waals surface area contributed by atoms with Gasteiger partial charge in [0.2, 0.25) is 0 Å². The summed E-state index contributed by atoms with van der Waals surface area (Å²) in [6, 6.07) is 9.13. The van der Waals surface area contributed by atoms with E-state index in [2.05, 4.69) is 10.5 Å². The summed E-state index contributed by atoms with van der Waals surface area (Å²) < 4.78 is 29.8. The van der Waals surface area contributed by atoms with Crippen LogP contribution in [0, 0.1) is 12.7 Å². The van der Waals surface area contributed by atoms with Gasteiger partial charge in [0.25, 0.3) is 5.91 Å². The Morgan fingerprint density at radius 3 is 2.59 bits per heavy atom. The minimum absolute atomic E-state index is 0.00785. The number of nitrogens with zero attached hydrogens (tertiary/aromatic N) is 1. The molecule has 6 nitrogen and oxygen atoms in total. The lowest BCUT2D eigenvalue weighted by atomic mass is 10.0. The zero-order valence-corrected chi connectivity index (χ0v) is 15.6. The Morgan fingerprint density at radius 2 is 1.93 bits per heavy atom. The zero-order chi connectivity index (χ0) is 19.6. The third-order valence-corrected chi connectivity index (χ3v) is 4.25. The lowest BCUT2D eigenvalue weighted by molar-refractivity contribution is 0.102. The second-order valence-corrected chi connectivity index (χ2v) is 5.99. The standard InChI is InChI=1S/C19H16ClFN2O4/c1-10-16(18(23-27-10)17-12(20)5-4-6-13(17)21)19(24)22-11-7-8-14(25-2)15(9-11)26-3/h4-9H,1-3H3,(H,22,24). The van der Waals surface area contributed by atoms with E-state index in [1.807, 2.05) is 0 Å². The number of aryl methyl sites for hydroxylation is 1. The number of hydrogen-bond acceptors (Lipinski definition) is 5. The molecule has 1 heterocycles. The molecule has 1 aromatic heterocycles. The minimum Gasteiger partial charge on any atom is -0.493 e. The summed E-state index contributed by atoms with van der Waals surface area (Å²) in [5.74, 6) is 0.0961. The Hall–Kier alpha value is -3.06. The quantitative estimate of drug-likeness (QED) is 0.682. The second-order valence-electron chi connectivity index (χ2n) is 5.58. The summed E-state index contributed by atoms with van der Waals surface area (Å²) in [6.07, 6.45) is 0. The predicted molar refractivity (Wildman–Crippen MR) is 99.1 cm³/mol. The van der Waals surface area contributed by atoms with Gasteiger partial charge in [-0.05, 0) is 31.2 Å². The average molecular weight is 391 g/mol. The molecule has 0 spiro atoms.